The second-order valence-corrected chi connectivity index (χ2v) is 3.49. The molecule has 0 spiro atoms. The first-order valence-electron chi connectivity index (χ1n) is 4.97. The Balaban J connectivity index is 2.19. The molecule has 1 rings (SSSR count). The van der Waals surface area contributed by atoms with E-state index in [1.54, 1.807) is 12.3 Å². The monoisotopic (exact) mass is 208 g/mol. The second-order valence-electron chi connectivity index (χ2n) is 3.49. The number of carbonyl (C=O) groups excluding carboxylic acids is 1. The van der Waals surface area contributed by atoms with Crippen LogP contribution >= 0.6 is 0 Å². The Morgan fingerprint density at radius 3 is 2.93 bits per heavy atom. The van der Waals surface area contributed by atoms with E-state index < -0.39 is 0 Å². The van der Waals surface area contributed by atoms with Gasteiger partial charge in [0.2, 0.25) is 5.91 Å². The third-order valence-corrected chi connectivity index (χ3v) is 1.69. The van der Waals surface area contributed by atoms with Crippen LogP contribution in [0.4, 0.5) is 5.82 Å². The van der Waals surface area contributed by atoms with Crippen LogP contribution in [0.1, 0.15) is 20.3 Å². The third-order valence-electron chi connectivity index (χ3n) is 1.69. The highest BCUT2D eigenvalue weighted by Gasteiger charge is 2.02. The zero-order valence-electron chi connectivity index (χ0n) is 9.03. The van der Waals surface area contributed by atoms with Gasteiger partial charge in [-0.15, -0.1) is 0 Å². The third kappa shape index (κ3) is 4.95. The van der Waals surface area contributed by atoms with Gasteiger partial charge in [0.05, 0.1) is 0 Å². The largest absolute Gasteiger partial charge is 0.369 e. The van der Waals surface area contributed by atoms with E-state index in [-0.39, 0.29) is 11.9 Å². The van der Waals surface area contributed by atoms with Gasteiger partial charge in [-0.2, -0.15) is 0 Å². The molecular formula is C10H16N4O. The highest BCUT2D eigenvalue weighted by Crippen LogP contribution is 1.97. The molecule has 82 valence electrons. The maximum absolute atomic E-state index is 11.3. The van der Waals surface area contributed by atoms with Crippen molar-refractivity contribution in [3.05, 3.63) is 18.6 Å². The number of nitrogens with zero attached hydrogens (tertiary/aromatic N) is 2. The second kappa shape index (κ2) is 5.95. The zero-order valence-corrected chi connectivity index (χ0v) is 9.03. The molecule has 0 aliphatic heterocycles. The summed E-state index contributed by atoms with van der Waals surface area (Å²) in [5.74, 6) is 0.786. The molecule has 1 amide bonds. The summed E-state index contributed by atoms with van der Waals surface area (Å²) in [7, 11) is 0. The Morgan fingerprint density at radius 2 is 2.33 bits per heavy atom. The van der Waals surface area contributed by atoms with Gasteiger partial charge in [0.25, 0.3) is 0 Å². The van der Waals surface area contributed by atoms with Crippen molar-refractivity contribution in [1.29, 1.82) is 0 Å². The van der Waals surface area contributed by atoms with Crippen LogP contribution in [0.2, 0.25) is 0 Å². The Labute approximate surface area is 89.3 Å². The van der Waals surface area contributed by atoms with Gasteiger partial charge >= 0.3 is 0 Å². The predicted molar refractivity (Wildman–Crippen MR) is 58.4 cm³/mol. The predicted octanol–water partition coefficient (Wildman–Crippen LogP) is 0.803. The lowest BCUT2D eigenvalue weighted by atomic mass is 10.3. The number of hydrogen-bond donors (Lipinski definition) is 2. The lowest BCUT2D eigenvalue weighted by Crippen LogP contribution is -2.31. The van der Waals surface area contributed by atoms with Crippen molar-refractivity contribution in [2.45, 2.75) is 26.3 Å². The average Bonchev–Trinajstić information content (AvgIpc) is 2.18. The molecule has 0 unspecified atom stereocenters. The van der Waals surface area contributed by atoms with Crippen molar-refractivity contribution >= 4 is 11.7 Å². The minimum atomic E-state index is 0.0477. The molecule has 5 nitrogen and oxygen atoms in total. The summed E-state index contributed by atoms with van der Waals surface area (Å²) in [5.41, 5.74) is 0. The van der Waals surface area contributed by atoms with Crippen LogP contribution in [0.5, 0.6) is 0 Å². The molecule has 0 atom stereocenters. The van der Waals surface area contributed by atoms with Gasteiger partial charge in [0, 0.05) is 25.2 Å². The Hall–Kier alpha value is -1.65. The van der Waals surface area contributed by atoms with Gasteiger partial charge in [0.15, 0.2) is 0 Å². The van der Waals surface area contributed by atoms with Gasteiger partial charge in [-0.05, 0) is 19.9 Å². The van der Waals surface area contributed by atoms with Gasteiger partial charge in [-0.25, -0.2) is 9.97 Å². The highest BCUT2D eigenvalue weighted by molar-refractivity contribution is 5.76. The number of aromatic nitrogens is 2. The van der Waals surface area contributed by atoms with Crippen LogP contribution < -0.4 is 10.6 Å². The minimum Gasteiger partial charge on any atom is -0.369 e. The normalized spacial score (nSPS) is 10.1. The SMILES string of the molecule is CC(C)NC(=O)CCNc1ccncn1. The smallest absolute Gasteiger partial charge is 0.221 e. The fourth-order valence-corrected chi connectivity index (χ4v) is 1.09. The quantitative estimate of drug-likeness (QED) is 0.751. The number of hydrogen-bond acceptors (Lipinski definition) is 4. The van der Waals surface area contributed by atoms with Crippen LogP contribution in [0.25, 0.3) is 0 Å². The fraction of sp³-hybridized carbons (Fsp3) is 0.500. The number of rotatable bonds is 5. The Kier molecular flexibility index (Phi) is 4.53. The Morgan fingerprint density at radius 1 is 1.53 bits per heavy atom. The maximum Gasteiger partial charge on any atom is 0.221 e. The zero-order chi connectivity index (χ0) is 11.1. The van der Waals surface area contributed by atoms with Crippen LogP contribution in [0.3, 0.4) is 0 Å². The summed E-state index contributed by atoms with van der Waals surface area (Å²) in [5, 5.41) is 5.85. The van der Waals surface area contributed by atoms with Gasteiger partial charge in [0.1, 0.15) is 12.1 Å². The van der Waals surface area contributed by atoms with Crippen molar-refractivity contribution < 1.29 is 4.79 Å². The van der Waals surface area contributed by atoms with E-state index in [1.807, 2.05) is 13.8 Å². The Bertz CT molecular complexity index is 300. The molecule has 1 aromatic rings. The maximum atomic E-state index is 11.3. The van der Waals surface area contributed by atoms with E-state index in [4.69, 9.17) is 0 Å². The molecule has 0 bridgehead atoms. The van der Waals surface area contributed by atoms with Crippen molar-refractivity contribution in [3.63, 3.8) is 0 Å². The molecule has 0 fully saturated rings. The number of carbonyl (C=O) groups is 1. The van der Waals surface area contributed by atoms with E-state index >= 15 is 0 Å². The molecular weight excluding hydrogens is 192 g/mol. The van der Waals surface area contributed by atoms with Crippen LogP contribution in [0, 0.1) is 0 Å². The summed E-state index contributed by atoms with van der Waals surface area (Å²) < 4.78 is 0. The molecule has 0 saturated carbocycles. The highest BCUT2D eigenvalue weighted by atomic mass is 16.1. The summed E-state index contributed by atoms with van der Waals surface area (Å²) >= 11 is 0. The van der Waals surface area contributed by atoms with Crippen molar-refractivity contribution in [3.8, 4) is 0 Å². The topological polar surface area (TPSA) is 66.9 Å². The van der Waals surface area contributed by atoms with Crippen LogP contribution in [0.15, 0.2) is 18.6 Å². The number of anilines is 1. The first kappa shape index (κ1) is 11.4. The molecule has 15 heavy (non-hydrogen) atoms. The van der Waals surface area contributed by atoms with Crippen LogP contribution in [-0.4, -0.2) is 28.5 Å². The molecule has 0 aliphatic rings. The molecule has 2 N–H and O–H groups in total. The molecule has 0 aliphatic carbocycles. The lowest BCUT2D eigenvalue weighted by molar-refractivity contribution is -0.121. The molecule has 1 aromatic heterocycles. The number of nitrogens with one attached hydrogen (secondary N) is 2. The summed E-state index contributed by atoms with van der Waals surface area (Å²) in [6.45, 7) is 4.46. The molecule has 0 saturated heterocycles. The van der Waals surface area contributed by atoms with Crippen molar-refractivity contribution in [2.24, 2.45) is 0 Å². The molecule has 1 heterocycles. The average molecular weight is 208 g/mol. The summed E-state index contributed by atoms with van der Waals surface area (Å²) in [6.07, 6.45) is 3.57. The fourth-order valence-electron chi connectivity index (χ4n) is 1.09. The minimum absolute atomic E-state index is 0.0477. The van der Waals surface area contributed by atoms with Gasteiger partial charge in [-0.1, -0.05) is 0 Å². The lowest BCUT2D eigenvalue weighted by Gasteiger charge is -2.08. The molecule has 0 radical (unpaired) electrons. The van der Waals surface area contributed by atoms with Crippen LogP contribution in [-0.2, 0) is 4.79 Å². The first-order valence-corrected chi connectivity index (χ1v) is 4.97. The number of amides is 1. The summed E-state index contributed by atoms with van der Waals surface area (Å²) in [4.78, 5) is 19.0. The van der Waals surface area contributed by atoms with E-state index in [9.17, 15) is 4.79 Å². The van der Waals surface area contributed by atoms with E-state index in [0.717, 1.165) is 5.82 Å². The van der Waals surface area contributed by atoms with Gasteiger partial charge in [-0.3, -0.25) is 4.79 Å². The first-order chi connectivity index (χ1) is 7.18. The van der Waals surface area contributed by atoms with Crippen molar-refractivity contribution in [2.75, 3.05) is 11.9 Å². The molecule has 5 heteroatoms. The van der Waals surface area contributed by atoms with E-state index in [1.165, 1.54) is 6.33 Å². The standard InChI is InChI=1S/C10H16N4O/c1-8(2)14-10(15)4-6-12-9-3-5-11-7-13-9/h3,5,7-8H,4,6H2,1-2H3,(H,14,15)(H,11,12,13). The molecule has 0 aromatic carbocycles. The van der Waals surface area contributed by atoms with Crippen molar-refractivity contribution in [1.82, 2.24) is 15.3 Å². The summed E-state index contributed by atoms with van der Waals surface area (Å²) in [6, 6.07) is 1.96. The van der Waals surface area contributed by atoms with Gasteiger partial charge < -0.3 is 10.6 Å². The van der Waals surface area contributed by atoms with E-state index in [2.05, 4.69) is 20.6 Å². The van der Waals surface area contributed by atoms with E-state index in [0.29, 0.717) is 13.0 Å².